The Morgan fingerprint density at radius 3 is 2.58 bits per heavy atom. The number of benzene rings is 1. The summed E-state index contributed by atoms with van der Waals surface area (Å²) in [6.45, 7) is 6.32. The first kappa shape index (κ1) is 18.1. The molecule has 1 aromatic heterocycles. The lowest BCUT2D eigenvalue weighted by molar-refractivity contribution is -0.137. The van der Waals surface area contributed by atoms with Gasteiger partial charge in [-0.25, -0.2) is 4.98 Å². The molecule has 1 N–H and O–H groups in total. The summed E-state index contributed by atoms with van der Waals surface area (Å²) in [6.07, 6.45) is 0.821. The number of thiazole rings is 1. The molecule has 1 aromatic carbocycles. The molecule has 0 radical (unpaired) electrons. The van der Waals surface area contributed by atoms with Crippen molar-refractivity contribution in [2.45, 2.75) is 27.2 Å². The Kier molecular flexibility index (Phi) is 6.49. The summed E-state index contributed by atoms with van der Waals surface area (Å²) in [7, 11) is 0. The molecule has 0 saturated heterocycles. The van der Waals surface area contributed by atoms with Crippen LogP contribution in [0, 0.1) is 5.92 Å². The van der Waals surface area contributed by atoms with Crippen molar-refractivity contribution in [1.29, 1.82) is 0 Å². The Morgan fingerprint density at radius 1 is 1.25 bits per heavy atom. The van der Waals surface area contributed by atoms with Crippen molar-refractivity contribution in [1.82, 2.24) is 9.88 Å². The zero-order valence-corrected chi connectivity index (χ0v) is 15.1. The van der Waals surface area contributed by atoms with Crippen LogP contribution in [0.1, 0.15) is 27.2 Å². The van der Waals surface area contributed by atoms with Crippen LogP contribution in [-0.2, 0) is 9.59 Å². The molecule has 1 heterocycles. The smallest absolute Gasteiger partial charge is 0.245 e. The Bertz CT molecular complexity index is 683. The Labute approximate surface area is 146 Å². The molecular weight excluding hydrogens is 322 g/mol. The molecule has 0 unspecified atom stereocenters. The second-order valence-corrected chi connectivity index (χ2v) is 6.72. The average Bonchev–Trinajstić information content (AvgIpc) is 3.03. The SMILES string of the molecule is CCCN(CC(=O)Nc1nc(-c2ccccc2)cs1)C(=O)C(C)C. The minimum atomic E-state index is -0.216. The van der Waals surface area contributed by atoms with Crippen LogP contribution in [-0.4, -0.2) is 34.8 Å². The number of anilines is 1. The first-order chi connectivity index (χ1) is 11.5. The monoisotopic (exact) mass is 345 g/mol. The van der Waals surface area contributed by atoms with Crippen LogP contribution < -0.4 is 5.32 Å². The average molecular weight is 345 g/mol. The van der Waals surface area contributed by atoms with E-state index in [-0.39, 0.29) is 24.3 Å². The zero-order chi connectivity index (χ0) is 17.5. The molecule has 0 saturated carbocycles. The fraction of sp³-hybridized carbons (Fsp3) is 0.389. The molecule has 0 aliphatic carbocycles. The minimum Gasteiger partial charge on any atom is -0.333 e. The molecule has 2 rings (SSSR count). The summed E-state index contributed by atoms with van der Waals surface area (Å²) < 4.78 is 0. The molecule has 5 nitrogen and oxygen atoms in total. The van der Waals surface area contributed by atoms with E-state index < -0.39 is 0 Å². The topological polar surface area (TPSA) is 62.3 Å². The van der Waals surface area contributed by atoms with Crippen LogP contribution in [0.3, 0.4) is 0 Å². The number of nitrogens with zero attached hydrogens (tertiary/aromatic N) is 2. The third-order valence-corrected chi connectivity index (χ3v) is 4.21. The molecule has 0 bridgehead atoms. The lowest BCUT2D eigenvalue weighted by Crippen LogP contribution is -2.40. The van der Waals surface area contributed by atoms with E-state index in [1.54, 1.807) is 4.90 Å². The Hall–Kier alpha value is -2.21. The first-order valence-corrected chi connectivity index (χ1v) is 8.98. The van der Waals surface area contributed by atoms with Crippen molar-refractivity contribution >= 4 is 28.3 Å². The second kappa shape index (κ2) is 8.59. The number of carbonyl (C=O) groups excluding carboxylic acids is 2. The molecule has 2 amide bonds. The molecule has 0 aliphatic heterocycles. The third kappa shape index (κ3) is 4.89. The zero-order valence-electron chi connectivity index (χ0n) is 14.3. The van der Waals surface area contributed by atoms with Gasteiger partial charge in [0.1, 0.15) is 0 Å². The van der Waals surface area contributed by atoms with Crippen LogP contribution >= 0.6 is 11.3 Å². The van der Waals surface area contributed by atoms with Gasteiger partial charge in [-0.05, 0) is 6.42 Å². The standard InChI is InChI=1S/C18H23N3O2S/c1-4-10-21(17(23)13(2)3)11-16(22)20-18-19-15(12-24-18)14-8-6-5-7-9-14/h5-9,12-13H,4,10-11H2,1-3H3,(H,19,20,22). The number of hydrogen-bond donors (Lipinski definition) is 1. The maximum atomic E-state index is 12.2. The van der Waals surface area contributed by atoms with Crippen molar-refractivity contribution in [3.8, 4) is 11.3 Å². The number of hydrogen-bond acceptors (Lipinski definition) is 4. The summed E-state index contributed by atoms with van der Waals surface area (Å²) in [6, 6.07) is 9.81. The maximum absolute atomic E-state index is 12.2. The van der Waals surface area contributed by atoms with Crippen LogP contribution in [0.4, 0.5) is 5.13 Å². The van der Waals surface area contributed by atoms with Crippen LogP contribution in [0.2, 0.25) is 0 Å². The van der Waals surface area contributed by atoms with Gasteiger partial charge in [0.2, 0.25) is 11.8 Å². The second-order valence-electron chi connectivity index (χ2n) is 5.87. The van der Waals surface area contributed by atoms with E-state index in [0.29, 0.717) is 11.7 Å². The quantitative estimate of drug-likeness (QED) is 0.833. The normalized spacial score (nSPS) is 10.7. The van der Waals surface area contributed by atoms with E-state index in [1.165, 1.54) is 11.3 Å². The molecular formula is C18H23N3O2S. The van der Waals surface area contributed by atoms with Crippen molar-refractivity contribution < 1.29 is 9.59 Å². The number of rotatable bonds is 7. The summed E-state index contributed by atoms with van der Waals surface area (Å²) in [5.74, 6) is -0.337. The maximum Gasteiger partial charge on any atom is 0.245 e. The van der Waals surface area contributed by atoms with E-state index >= 15 is 0 Å². The number of amides is 2. The van der Waals surface area contributed by atoms with Crippen molar-refractivity contribution in [2.24, 2.45) is 5.92 Å². The number of aromatic nitrogens is 1. The van der Waals surface area contributed by atoms with Gasteiger partial charge in [0.25, 0.3) is 0 Å². The highest BCUT2D eigenvalue weighted by atomic mass is 32.1. The molecule has 128 valence electrons. The summed E-state index contributed by atoms with van der Waals surface area (Å²) in [5, 5.41) is 5.25. The van der Waals surface area contributed by atoms with E-state index in [4.69, 9.17) is 0 Å². The minimum absolute atomic E-state index is 0.00360. The fourth-order valence-electron chi connectivity index (χ4n) is 2.31. The number of carbonyl (C=O) groups is 2. The first-order valence-electron chi connectivity index (χ1n) is 8.10. The summed E-state index contributed by atoms with van der Waals surface area (Å²) >= 11 is 1.38. The Morgan fingerprint density at radius 2 is 1.96 bits per heavy atom. The van der Waals surface area contributed by atoms with Gasteiger partial charge in [0, 0.05) is 23.4 Å². The van der Waals surface area contributed by atoms with Crippen molar-refractivity contribution in [3.05, 3.63) is 35.7 Å². The lowest BCUT2D eigenvalue weighted by atomic mass is 10.2. The Balaban J connectivity index is 1.99. The highest BCUT2D eigenvalue weighted by molar-refractivity contribution is 7.14. The third-order valence-electron chi connectivity index (χ3n) is 3.45. The van der Waals surface area contributed by atoms with Crippen molar-refractivity contribution in [3.63, 3.8) is 0 Å². The van der Waals surface area contributed by atoms with Gasteiger partial charge >= 0.3 is 0 Å². The van der Waals surface area contributed by atoms with Gasteiger partial charge < -0.3 is 10.2 Å². The molecule has 0 spiro atoms. The molecule has 0 aliphatic rings. The van der Waals surface area contributed by atoms with Gasteiger partial charge in [-0.3, -0.25) is 9.59 Å². The van der Waals surface area contributed by atoms with E-state index in [0.717, 1.165) is 17.7 Å². The van der Waals surface area contributed by atoms with Gasteiger partial charge in [-0.1, -0.05) is 51.1 Å². The van der Waals surface area contributed by atoms with Crippen LogP contribution in [0.5, 0.6) is 0 Å². The van der Waals surface area contributed by atoms with Gasteiger partial charge in [-0.2, -0.15) is 0 Å². The van der Waals surface area contributed by atoms with E-state index in [1.807, 2.05) is 56.5 Å². The highest BCUT2D eigenvalue weighted by Gasteiger charge is 2.19. The molecule has 0 fully saturated rings. The number of nitrogens with one attached hydrogen (secondary N) is 1. The predicted molar refractivity (Wildman–Crippen MR) is 97.9 cm³/mol. The van der Waals surface area contributed by atoms with E-state index in [2.05, 4.69) is 10.3 Å². The van der Waals surface area contributed by atoms with Gasteiger partial charge in [0.05, 0.1) is 12.2 Å². The van der Waals surface area contributed by atoms with E-state index in [9.17, 15) is 9.59 Å². The van der Waals surface area contributed by atoms with Gasteiger partial charge in [0.15, 0.2) is 5.13 Å². The molecule has 0 atom stereocenters. The largest absolute Gasteiger partial charge is 0.333 e. The van der Waals surface area contributed by atoms with Gasteiger partial charge in [-0.15, -0.1) is 11.3 Å². The molecule has 2 aromatic rings. The van der Waals surface area contributed by atoms with Crippen LogP contribution in [0.15, 0.2) is 35.7 Å². The summed E-state index contributed by atoms with van der Waals surface area (Å²) in [5.41, 5.74) is 1.84. The predicted octanol–water partition coefficient (Wildman–Crippen LogP) is 3.64. The lowest BCUT2D eigenvalue weighted by Gasteiger charge is -2.23. The highest BCUT2D eigenvalue weighted by Crippen LogP contribution is 2.24. The molecule has 6 heteroatoms. The van der Waals surface area contributed by atoms with Crippen LogP contribution in [0.25, 0.3) is 11.3 Å². The van der Waals surface area contributed by atoms with Crippen molar-refractivity contribution in [2.75, 3.05) is 18.4 Å². The molecule has 24 heavy (non-hydrogen) atoms. The summed E-state index contributed by atoms with van der Waals surface area (Å²) in [4.78, 5) is 30.4. The fourth-order valence-corrected chi connectivity index (χ4v) is 3.04.